The van der Waals surface area contributed by atoms with Crippen molar-refractivity contribution in [2.45, 2.75) is 0 Å². The highest BCUT2D eigenvalue weighted by Crippen LogP contribution is 2.33. The van der Waals surface area contributed by atoms with E-state index >= 15 is 0 Å². The van der Waals surface area contributed by atoms with Crippen LogP contribution in [0.2, 0.25) is 0 Å². The molecule has 3 aromatic rings. The van der Waals surface area contributed by atoms with Crippen LogP contribution < -0.4 is 16.0 Å². The van der Waals surface area contributed by atoms with Crippen molar-refractivity contribution >= 4 is 23.6 Å². The fourth-order valence-corrected chi connectivity index (χ4v) is 3.02. The summed E-state index contributed by atoms with van der Waals surface area (Å²) in [4.78, 5) is 31.2. The lowest BCUT2D eigenvalue weighted by molar-refractivity contribution is 0.401. The number of ether oxygens (including phenoxy) is 1. The molecule has 0 radical (unpaired) electrons. The van der Waals surface area contributed by atoms with Crippen LogP contribution in [0.3, 0.4) is 0 Å². The molecule has 0 fully saturated rings. The third-order valence-corrected chi connectivity index (χ3v) is 4.30. The minimum absolute atomic E-state index is 0.0429. The van der Waals surface area contributed by atoms with Crippen molar-refractivity contribution in [3.8, 4) is 17.3 Å². The molecule has 2 heterocycles. The number of hydrogen-bond acceptors (Lipinski definition) is 5. The van der Waals surface area contributed by atoms with Gasteiger partial charge >= 0.3 is 5.69 Å². The van der Waals surface area contributed by atoms with E-state index in [1.807, 2.05) is 24.3 Å². The lowest BCUT2D eigenvalue weighted by Crippen LogP contribution is -2.30. The highest BCUT2D eigenvalue weighted by Gasteiger charge is 2.19. The third kappa shape index (κ3) is 2.75. The molecule has 2 N–H and O–H groups in total. The summed E-state index contributed by atoms with van der Waals surface area (Å²) < 4.78 is 6.26. The first-order valence-electron chi connectivity index (χ1n) is 8.17. The summed E-state index contributed by atoms with van der Waals surface area (Å²) in [6, 6.07) is 14.2. The molecular formula is C20H15N3O4. The van der Waals surface area contributed by atoms with E-state index in [2.05, 4.69) is 9.98 Å². The maximum atomic E-state index is 12.4. The number of methoxy groups -OCH3 is 1. The van der Waals surface area contributed by atoms with Crippen molar-refractivity contribution in [1.29, 1.82) is 0 Å². The first kappa shape index (κ1) is 16.6. The number of aromatic amines is 1. The second-order valence-electron chi connectivity index (χ2n) is 5.88. The first-order valence-corrected chi connectivity index (χ1v) is 8.17. The highest BCUT2D eigenvalue weighted by atomic mass is 16.5. The molecule has 7 nitrogen and oxygen atoms in total. The van der Waals surface area contributed by atoms with E-state index in [-0.39, 0.29) is 5.56 Å². The summed E-state index contributed by atoms with van der Waals surface area (Å²) in [5.74, 6) is -0.0909. The molecule has 1 aliphatic heterocycles. The number of aromatic hydroxyl groups is 1. The third-order valence-electron chi connectivity index (χ3n) is 4.30. The Morgan fingerprint density at radius 3 is 2.67 bits per heavy atom. The number of nitrogens with zero attached hydrogens (tertiary/aromatic N) is 2. The first-order chi connectivity index (χ1) is 13.1. The van der Waals surface area contributed by atoms with E-state index < -0.39 is 17.1 Å². The van der Waals surface area contributed by atoms with Crippen molar-refractivity contribution in [2.24, 2.45) is 4.99 Å². The summed E-state index contributed by atoms with van der Waals surface area (Å²) in [6.45, 7) is 0. The zero-order valence-corrected chi connectivity index (χ0v) is 14.3. The van der Waals surface area contributed by atoms with Crippen LogP contribution in [0.15, 0.2) is 63.1 Å². The summed E-state index contributed by atoms with van der Waals surface area (Å²) in [6.07, 6.45) is 3.12. The van der Waals surface area contributed by atoms with E-state index in [9.17, 15) is 14.7 Å². The number of nitrogens with one attached hydrogen (secondary N) is 1. The number of aliphatic imine (C=N–C) groups is 1. The molecule has 0 unspecified atom stereocenters. The van der Waals surface area contributed by atoms with Gasteiger partial charge in [0.2, 0.25) is 5.88 Å². The van der Waals surface area contributed by atoms with Crippen LogP contribution in [0.4, 0.5) is 5.69 Å². The zero-order valence-electron chi connectivity index (χ0n) is 14.3. The Balaban J connectivity index is 1.95. The quantitative estimate of drug-likeness (QED) is 0.749. The van der Waals surface area contributed by atoms with Crippen molar-refractivity contribution in [3.63, 3.8) is 0 Å². The Bertz CT molecular complexity index is 1220. The van der Waals surface area contributed by atoms with Crippen molar-refractivity contribution < 1.29 is 9.84 Å². The number of H-pyrrole nitrogens is 1. The van der Waals surface area contributed by atoms with Crippen molar-refractivity contribution in [3.05, 3.63) is 80.5 Å². The van der Waals surface area contributed by atoms with Crippen LogP contribution in [0.5, 0.6) is 11.6 Å². The average molecular weight is 361 g/mol. The topological polar surface area (TPSA) is 96.7 Å². The highest BCUT2D eigenvalue weighted by molar-refractivity contribution is 6.21. The maximum Gasteiger partial charge on any atom is 0.335 e. The van der Waals surface area contributed by atoms with E-state index in [0.717, 1.165) is 15.8 Å². The molecule has 7 heteroatoms. The Hall–Kier alpha value is -3.87. The number of hydrogen-bond donors (Lipinski definition) is 2. The average Bonchev–Trinajstić information content (AvgIpc) is 3.08. The Morgan fingerprint density at radius 1 is 1.11 bits per heavy atom. The van der Waals surface area contributed by atoms with Gasteiger partial charge in [-0.05, 0) is 24.3 Å². The lowest BCUT2D eigenvalue weighted by Gasteiger charge is -2.13. The number of para-hydroxylation sites is 3. The van der Waals surface area contributed by atoms with E-state index in [1.165, 1.54) is 13.2 Å². The summed E-state index contributed by atoms with van der Waals surface area (Å²) >= 11 is 0. The van der Waals surface area contributed by atoms with Gasteiger partial charge in [0.15, 0.2) is 0 Å². The standard InChI is InChI=1S/C20H15N3O4/c1-27-17-9-5-4-8-16(17)23-19(25)14(18(24)22-20(23)26)10-12-11-21-15-7-3-2-6-13(12)15/h2-11,25H,1H3,(H,22,24,26)/b12-10+. The van der Waals surface area contributed by atoms with E-state index in [0.29, 0.717) is 17.0 Å². The van der Waals surface area contributed by atoms with Gasteiger partial charge in [0, 0.05) is 17.4 Å². The second kappa shape index (κ2) is 6.45. The summed E-state index contributed by atoms with van der Waals surface area (Å²) in [5, 5.41) is 10.7. The van der Waals surface area contributed by atoms with Gasteiger partial charge < -0.3 is 9.84 Å². The predicted molar refractivity (Wildman–Crippen MR) is 103 cm³/mol. The number of fused-ring (bicyclic) bond motifs is 1. The van der Waals surface area contributed by atoms with E-state index in [4.69, 9.17) is 4.74 Å². The number of aromatic nitrogens is 2. The smallest absolute Gasteiger partial charge is 0.335 e. The SMILES string of the molecule is COc1ccccc1-n1c(O)c(/C=C2\C=Nc3ccccc32)c(=O)[nH]c1=O. The van der Waals surface area contributed by atoms with Crippen molar-refractivity contribution in [1.82, 2.24) is 9.55 Å². The molecule has 1 aromatic heterocycles. The Kier molecular flexibility index (Phi) is 3.97. The summed E-state index contributed by atoms with van der Waals surface area (Å²) in [7, 11) is 1.46. The molecule has 0 atom stereocenters. The number of benzene rings is 2. The molecule has 0 amide bonds. The minimum Gasteiger partial charge on any atom is -0.495 e. The lowest BCUT2D eigenvalue weighted by atomic mass is 10.1. The number of rotatable bonds is 3. The maximum absolute atomic E-state index is 12.4. The molecule has 27 heavy (non-hydrogen) atoms. The molecule has 0 bridgehead atoms. The molecule has 0 spiro atoms. The molecule has 134 valence electrons. The molecule has 0 saturated heterocycles. The van der Waals surface area contributed by atoms with Crippen molar-refractivity contribution in [2.75, 3.05) is 7.11 Å². The number of allylic oxidation sites excluding steroid dienone is 1. The van der Waals surface area contributed by atoms with E-state index in [1.54, 1.807) is 30.5 Å². The van der Waals surface area contributed by atoms with Gasteiger partial charge in [-0.3, -0.25) is 14.8 Å². The fourth-order valence-electron chi connectivity index (χ4n) is 3.02. The normalized spacial score (nSPS) is 13.7. The molecule has 2 aromatic carbocycles. The van der Waals surface area contributed by atoms with Crippen LogP contribution in [0.1, 0.15) is 11.1 Å². The van der Waals surface area contributed by atoms with Gasteiger partial charge in [-0.15, -0.1) is 0 Å². The predicted octanol–water partition coefficient (Wildman–Crippen LogP) is 2.50. The van der Waals surface area contributed by atoms with Gasteiger partial charge in [0.05, 0.1) is 18.5 Å². The molecule has 4 rings (SSSR count). The van der Waals surface area contributed by atoms with Gasteiger partial charge in [0.25, 0.3) is 5.56 Å². The van der Waals surface area contributed by atoms with Crippen LogP contribution in [0, 0.1) is 0 Å². The van der Waals surface area contributed by atoms with Gasteiger partial charge in [-0.25, -0.2) is 9.36 Å². The van der Waals surface area contributed by atoms with Gasteiger partial charge in [-0.2, -0.15) is 0 Å². The molecule has 1 aliphatic rings. The van der Waals surface area contributed by atoms with Gasteiger partial charge in [0.1, 0.15) is 11.3 Å². The van der Waals surface area contributed by atoms with Crippen LogP contribution in [-0.2, 0) is 0 Å². The fraction of sp³-hybridized carbons (Fsp3) is 0.0500. The molecule has 0 saturated carbocycles. The largest absolute Gasteiger partial charge is 0.495 e. The molecule has 0 aliphatic carbocycles. The summed E-state index contributed by atoms with van der Waals surface area (Å²) in [5.41, 5.74) is 1.11. The second-order valence-corrected chi connectivity index (χ2v) is 5.88. The van der Waals surface area contributed by atoms with Crippen LogP contribution >= 0.6 is 0 Å². The van der Waals surface area contributed by atoms with Gasteiger partial charge in [-0.1, -0.05) is 30.3 Å². The molecular weight excluding hydrogens is 346 g/mol. The zero-order chi connectivity index (χ0) is 19.0. The van der Waals surface area contributed by atoms with Crippen LogP contribution in [0.25, 0.3) is 17.3 Å². The minimum atomic E-state index is -0.760. The van der Waals surface area contributed by atoms with Crippen LogP contribution in [-0.4, -0.2) is 28.0 Å². The Morgan fingerprint density at radius 2 is 1.85 bits per heavy atom. The Labute approximate surface area is 153 Å². The monoisotopic (exact) mass is 361 g/mol.